The van der Waals surface area contributed by atoms with E-state index in [2.05, 4.69) is 33.0 Å². The van der Waals surface area contributed by atoms with Gasteiger partial charge >= 0.3 is 0 Å². The van der Waals surface area contributed by atoms with Gasteiger partial charge in [-0.3, -0.25) is 14.9 Å². The second-order valence-corrected chi connectivity index (χ2v) is 10.2. The normalized spacial score (nSPS) is 11.1. The Bertz CT molecular complexity index is 1460. The van der Waals surface area contributed by atoms with Crippen LogP contribution >= 0.6 is 15.9 Å². The Kier molecular flexibility index (Phi) is 9.57. The summed E-state index contributed by atoms with van der Waals surface area (Å²) in [4.78, 5) is 23.5. The number of rotatable bonds is 12. The molecule has 11 nitrogen and oxygen atoms in total. The van der Waals surface area contributed by atoms with Crippen molar-refractivity contribution in [3.05, 3.63) is 99.5 Å². The number of hydrogen-bond donors (Lipinski definition) is 1. The quantitative estimate of drug-likeness (QED) is 0.141. The predicted octanol–water partition coefficient (Wildman–Crippen LogP) is 4.28. The molecule has 0 atom stereocenters. The van der Waals surface area contributed by atoms with Crippen LogP contribution in [0.1, 0.15) is 5.56 Å². The van der Waals surface area contributed by atoms with E-state index in [1.807, 2.05) is 0 Å². The maximum atomic E-state index is 13.4. The van der Waals surface area contributed by atoms with Gasteiger partial charge in [0.1, 0.15) is 18.8 Å². The van der Waals surface area contributed by atoms with Crippen LogP contribution in [0.3, 0.4) is 0 Å². The highest BCUT2D eigenvalue weighted by Gasteiger charge is 2.31. The second-order valence-electron chi connectivity index (χ2n) is 7.50. The summed E-state index contributed by atoms with van der Waals surface area (Å²) in [6.45, 7) is 3.11. The topological polar surface area (TPSA) is 140 Å². The standard InChI is InChI=1S/C25H23BrN4O7S/c1-3-13-37-25-20(26)14-18(15-23(25)36-2)16-27-28-24(31)17-29(21-11-7-8-12-22(21)30(32)33)38(34,35)19-9-5-4-6-10-19/h3-12,14-16H,1,13,17H2,2H3,(H,28,31)/b27-16-. The lowest BCUT2D eigenvalue weighted by Gasteiger charge is -2.23. The van der Waals surface area contributed by atoms with Crippen LogP contribution in [0.15, 0.2) is 93.9 Å². The Morgan fingerprint density at radius 2 is 1.87 bits per heavy atom. The Balaban J connectivity index is 1.87. The van der Waals surface area contributed by atoms with Crippen LogP contribution in [0.4, 0.5) is 11.4 Å². The van der Waals surface area contributed by atoms with E-state index in [-0.39, 0.29) is 17.2 Å². The number of ether oxygens (including phenoxy) is 2. The maximum Gasteiger partial charge on any atom is 0.293 e. The minimum absolute atomic E-state index is 0.134. The summed E-state index contributed by atoms with van der Waals surface area (Å²) in [6, 6.07) is 15.9. The molecule has 0 aliphatic rings. The van der Waals surface area contributed by atoms with Crippen molar-refractivity contribution < 1.29 is 27.6 Å². The molecule has 1 amide bonds. The smallest absolute Gasteiger partial charge is 0.293 e. The van der Waals surface area contributed by atoms with Crippen molar-refractivity contribution in [1.82, 2.24) is 5.43 Å². The summed E-state index contributed by atoms with van der Waals surface area (Å²) in [5.74, 6) is 0.0428. The summed E-state index contributed by atoms with van der Waals surface area (Å²) < 4.78 is 39.0. The number of nitrogens with one attached hydrogen (secondary N) is 1. The van der Waals surface area contributed by atoms with E-state index in [9.17, 15) is 23.3 Å². The monoisotopic (exact) mass is 602 g/mol. The maximum absolute atomic E-state index is 13.4. The van der Waals surface area contributed by atoms with Crippen molar-refractivity contribution in [1.29, 1.82) is 0 Å². The van der Waals surface area contributed by atoms with Crippen molar-refractivity contribution in [2.75, 3.05) is 24.6 Å². The molecule has 3 aromatic carbocycles. The van der Waals surface area contributed by atoms with Crippen LogP contribution in [0.25, 0.3) is 0 Å². The summed E-state index contributed by atoms with van der Waals surface area (Å²) in [5, 5.41) is 15.5. The fourth-order valence-corrected chi connectivity index (χ4v) is 5.32. The van der Waals surface area contributed by atoms with Gasteiger partial charge in [0.2, 0.25) is 0 Å². The molecular weight excluding hydrogens is 580 g/mol. The minimum atomic E-state index is -4.34. The van der Waals surface area contributed by atoms with Gasteiger partial charge in [0.25, 0.3) is 21.6 Å². The van der Waals surface area contributed by atoms with Crippen LogP contribution in [0.2, 0.25) is 0 Å². The van der Waals surface area contributed by atoms with Gasteiger partial charge in [-0.15, -0.1) is 0 Å². The number of carbonyl (C=O) groups is 1. The first-order chi connectivity index (χ1) is 18.2. The molecule has 1 N–H and O–H groups in total. The number of hydrazone groups is 1. The molecule has 0 saturated heterocycles. The van der Waals surface area contributed by atoms with E-state index in [1.54, 1.807) is 24.3 Å². The number of carbonyl (C=O) groups excluding carboxylic acids is 1. The number of para-hydroxylation sites is 2. The fraction of sp³-hybridized carbons (Fsp3) is 0.120. The van der Waals surface area contributed by atoms with Gasteiger partial charge in [-0.2, -0.15) is 5.10 Å². The third-order valence-corrected chi connectivity index (χ3v) is 7.33. The number of hydrogen-bond acceptors (Lipinski definition) is 8. The van der Waals surface area contributed by atoms with Gasteiger partial charge in [-0.05, 0) is 51.8 Å². The fourth-order valence-electron chi connectivity index (χ4n) is 3.29. The largest absolute Gasteiger partial charge is 0.493 e. The molecule has 38 heavy (non-hydrogen) atoms. The molecular formula is C25H23BrN4O7S. The Morgan fingerprint density at radius 3 is 2.53 bits per heavy atom. The zero-order valence-corrected chi connectivity index (χ0v) is 22.5. The number of halogens is 1. The average Bonchev–Trinajstić information content (AvgIpc) is 2.91. The molecule has 0 aliphatic carbocycles. The molecule has 0 aromatic heterocycles. The zero-order chi connectivity index (χ0) is 27.7. The molecule has 0 saturated carbocycles. The molecule has 0 fully saturated rings. The average molecular weight is 603 g/mol. The van der Waals surface area contributed by atoms with Crippen molar-refractivity contribution in [2.45, 2.75) is 4.90 Å². The lowest BCUT2D eigenvalue weighted by atomic mass is 10.2. The van der Waals surface area contributed by atoms with Gasteiger partial charge in [-0.25, -0.2) is 18.1 Å². The number of anilines is 1. The van der Waals surface area contributed by atoms with Crippen LogP contribution in [0, 0.1) is 10.1 Å². The molecule has 0 bridgehead atoms. The number of nitro groups is 1. The highest BCUT2D eigenvalue weighted by Crippen LogP contribution is 2.36. The van der Waals surface area contributed by atoms with Gasteiger partial charge in [-0.1, -0.05) is 43.0 Å². The van der Waals surface area contributed by atoms with E-state index in [0.29, 0.717) is 25.8 Å². The van der Waals surface area contributed by atoms with E-state index in [0.717, 1.165) is 6.07 Å². The lowest BCUT2D eigenvalue weighted by molar-refractivity contribution is -0.384. The van der Waals surface area contributed by atoms with Crippen molar-refractivity contribution >= 4 is 49.4 Å². The molecule has 198 valence electrons. The van der Waals surface area contributed by atoms with Gasteiger partial charge in [0.15, 0.2) is 11.5 Å². The van der Waals surface area contributed by atoms with Gasteiger partial charge in [0.05, 0.1) is 27.6 Å². The Hall–Kier alpha value is -4.23. The lowest BCUT2D eigenvalue weighted by Crippen LogP contribution is -2.39. The van der Waals surface area contributed by atoms with E-state index >= 15 is 0 Å². The van der Waals surface area contributed by atoms with Crippen LogP contribution < -0.4 is 19.2 Å². The zero-order valence-electron chi connectivity index (χ0n) is 20.1. The highest BCUT2D eigenvalue weighted by atomic mass is 79.9. The third-order valence-electron chi connectivity index (χ3n) is 4.97. The number of nitro benzene ring substituents is 1. The molecule has 13 heteroatoms. The van der Waals surface area contributed by atoms with E-state index in [4.69, 9.17) is 9.47 Å². The van der Waals surface area contributed by atoms with Gasteiger partial charge in [0, 0.05) is 6.07 Å². The first kappa shape index (κ1) is 28.3. The first-order valence-corrected chi connectivity index (χ1v) is 13.2. The molecule has 3 aromatic rings. The van der Waals surface area contributed by atoms with E-state index in [1.165, 1.54) is 55.8 Å². The highest BCUT2D eigenvalue weighted by molar-refractivity contribution is 9.10. The first-order valence-electron chi connectivity index (χ1n) is 10.9. The molecule has 3 rings (SSSR count). The molecule has 0 radical (unpaired) electrons. The predicted molar refractivity (Wildman–Crippen MR) is 146 cm³/mol. The van der Waals surface area contributed by atoms with Crippen molar-refractivity contribution in [3.63, 3.8) is 0 Å². The summed E-state index contributed by atoms with van der Waals surface area (Å²) in [7, 11) is -2.87. The second kappa shape index (κ2) is 12.8. The minimum Gasteiger partial charge on any atom is -0.493 e. The number of amides is 1. The Morgan fingerprint density at radius 1 is 1.18 bits per heavy atom. The van der Waals surface area contributed by atoms with Crippen molar-refractivity contribution in [3.8, 4) is 11.5 Å². The van der Waals surface area contributed by atoms with E-state index < -0.39 is 33.1 Å². The summed E-state index contributed by atoms with van der Waals surface area (Å²) in [6.07, 6.45) is 2.91. The molecule has 0 aliphatic heterocycles. The Labute approximate surface area is 227 Å². The SMILES string of the molecule is C=CCOc1c(Br)cc(/C=N\NC(=O)CN(c2ccccc2[N+](=O)[O-])S(=O)(=O)c2ccccc2)cc1OC. The molecule has 0 heterocycles. The third kappa shape index (κ3) is 6.75. The van der Waals surface area contributed by atoms with Crippen LogP contribution in [0.5, 0.6) is 11.5 Å². The van der Waals surface area contributed by atoms with Gasteiger partial charge < -0.3 is 9.47 Å². The molecule has 0 spiro atoms. The van der Waals surface area contributed by atoms with Crippen LogP contribution in [-0.2, 0) is 14.8 Å². The number of methoxy groups -OCH3 is 1. The number of nitrogens with zero attached hydrogens (tertiary/aromatic N) is 3. The molecule has 0 unspecified atom stereocenters. The van der Waals surface area contributed by atoms with Crippen LogP contribution in [-0.4, -0.2) is 45.7 Å². The number of benzene rings is 3. The summed E-state index contributed by atoms with van der Waals surface area (Å²) >= 11 is 3.39. The number of sulfonamides is 1. The van der Waals surface area contributed by atoms with Crippen molar-refractivity contribution in [2.24, 2.45) is 5.10 Å². The summed E-state index contributed by atoms with van der Waals surface area (Å²) in [5.41, 5.74) is 2.06.